The van der Waals surface area contributed by atoms with Gasteiger partial charge in [0, 0.05) is 23.3 Å². The first-order chi connectivity index (χ1) is 19.1. The molecule has 7 nitrogen and oxygen atoms in total. The zero-order chi connectivity index (χ0) is 28.2. The van der Waals surface area contributed by atoms with Crippen molar-refractivity contribution in [3.8, 4) is 0 Å². The van der Waals surface area contributed by atoms with Crippen LogP contribution in [0.5, 0.6) is 0 Å². The standard InChI is InChI=1S/C30H30Cl3N3O4/c1-29-13-14-30(40-29)24(23(29)26(37)35-19-11-12-21(32)22(33)15-19)28(39)36(16-17-7-5-6-10-20(17)31)25(30)27(38)34-18-8-3-2-4-9-18/h5-7,10-15,18,23-25H,2-4,8-9,16H2,1H3,(H,34,38)(H,35,37)/t23?,24-,25?,29-,30?/m1/s1. The molecule has 210 valence electrons. The molecule has 1 spiro atoms. The molecule has 40 heavy (non-hydrogen) atoms. The number of halogens is 3. The Morgan fingerprint density at radius 2 is 1.73 bits per heavy atom. The van der Waals surface area contributed by atoms with Gasteiger partial charge >= 0.3 is 0 Å². The molecule has 3 unspecified atom stereocenters. The van der Waals surface area contributed by atoms with Crippen molar-refractivity contribution in [1.82, 2.24) is 10.2 Å². The van der Waals surface area contributed by atoms with Crippen molar-refractivity contribution in [3.63, 3.8) is 0 Å². The zero-order valence-corrected chi connectivity index (χ0v) is 24.2. The van der Waals surface area contributed by atoms with Crippen LogP contribution in [0.4, 0.5) is 5.69 Å². The van der Waals surface area contributed by atoms with Gasteiger partial charge in [-0.1, -0.05) is 84.4 Å². The fraction of sp³-hybridized carbons (Fsp3) is 0.433. The number of rotatable bonds is 6. The number of amides is 3. The Bertz CT molecular complexity index is 1410. The Morgan fingerprint density at radius 1 is 0.975 bits per heavy atom. The SMILES string of the molecule is C[C@]12C=CC3(O1)C(C(=O)NC1CCCCC1)N(Cc1ccccc1Cl)C(=O)[C@H]3C2C(=O)Nc1ccc(Cl)c(Cl)c1. The molecule has 10 heteroatoms. The molecule has 4 aliphatic rings. The molecule has 3 fully saturated rings. The number of ether oxygens (including phenoxy) is 1. The molecule has 3 aliphatic heterocycles. The number of likely N-dealkylation sites (tertiary alicyclic amines) is 1. The highest BCUT2D eigenvalue weighted by Gasteiger charge is 2.76. The fourth-order valence-electron chi connectivity index (χ4n) is 6.93. The van der Waals surface area contributed by atoms with E-state index in [1.807, 2.05) is 30.4 Å². The number of hydrogen-bond acceptors (Lipinski definition) is 4. The summed E-state index contributed by atoms with van der Waals surface area (Å²) in [5, 5.41) is 7.25. The summed E-state index contributed by atoms with van der Waals surface area (Å²) in [5.41, 5.74) is -1.19. The second-order valence-electron chi connectivity index (χ2n) is 11.3. The van der Waals surface area contributed by atoms with Gasteiger partial charge in [0.25, 0.3) is 0 Å². The van der Waals surface area contributed by atoms with E-state index in [-0.39, 0.29) is 24.4 Å². The van der Waals surface area contributed by atoms with E-state index < -0.39 is 35.0 Å². The first kappa shape index (κ1) is 27.6. The fourth-order valence-corrected chi connectivity index (χ4v) is 7.42. The van der Waals surface area contributed by atoms with E-state index in [0.717, 1.165) is 32.1 Å². The van der Waals surface area contributed by atoms with E-state index in [1.54, 1.807) is 36.1 Å². The average molecular weight is 603 g/mol. The average Bonchev–Trinajstić information content (AvgIpc) is 3.49. The van der Waals surface area contributed by atoms with Crippen LogP contribution in [-0.2, 0) is 25.7 Å². The van der Waals surface area contributed by atoms with Crippen molar-refractivity contribution in [2.24, 2.45) is 11.8 Å². The van der Waals surface area contributed by atoms with Crippen LogP contribution in [0.3, 0.4) is 0 Å². The lowest BCUT2D eigenvalue weighted by Gasteiger charge is -2.34. The van der Waals surface area contributed by atoms with Gasteiger partial charge in [-0.05, 0) is 49.6 Å². The molecular weight excluding hydrogens is 573 g/mol. The van der Waals surface area contributed by atoms with Gasteiger partial charge in [0.15, 0.2) is 0 Å². The second-order valence-corrected chi connectivity index (χ2v) is 12.6. The summed E-state index contributed by atoms with van der Waals surface area (Å²) in [7, 11) is 0. The minimum absolute atomic E-state index is 0.0425. The Labute approximate surface area is 248 Å². The van der Waals surface area contributed by atoms with Gasteiger partial charge in [-0.3, -0.25) is 14.4 Å². The first-order valence-electron chi connectivity index (χ1n) is 13.6. The number of anilines is 1. The summed E-state index contributed by atoms with van der Waals surface area (Å²) in [6, 6.07) is 11.1. The highest BCUT2D eigenvalue weighted by atomic mass is 35.5. The van der Waals surface area contributed by atoms with Crippen molar-refractivity contribution in [2.75, 3.05) is 5.32 Å². The summed E-state index contributed by atoms with van der Waals surface area (Å²) >= 11 is 18.7. The Balaban J connectivity index is 1.36. The van der Waals surface area contributed by atoms with Crippen molar-refractivity contribution in [2.45, 2.75) is 68.9 Å². The number of benzene rings is 2. The molecule has 3 amide bonds. The van der Waals surface area contributed by atoms with E-state index in [0.29, 0.717) is 26.3 Å². The zero-order valence-electron chi connectivity index (χ0n) is 22.0. The molecule has 2 aromatic rings. The molecule has 1 saturated carbocycles. The number of nitrogens with zero attached hydrogens (tertiary/aromatic N) is 1. The van der Waals surface area contributed by atoms with Gasteiger partial charge in [-0.25, -0.2) is 0 Å². The van der Waals surface area contributed by atoms with Gasteiger partial charge in [0.05, 0.1) is 27.5 Å². The van der Waals surface area contributed by atoms with E-state index >= 15 is 0 Å². The molecule has 2 N–H and O–H groups in total. The van der Waals surface area contributed by atoms with Crippen molar-refractivity contribution < 1.29 is 19.1 Å². The van der Waals surface area contributed by atoms with Gasteiger partial charge in [-0.2, -0.15) is 0 Å². The third-order valence-electron chi connectivity index (χ3n) is 8.76. The smallest absolute Gasteiger partial charge is 0.246 e. The normalized spacial score (nSPS) is 30.9. The van der Waals surface area contributed by atoms with Crippen LogP contribution in [-0.4, -0.2) is 45.9 Å². The van der Waals surface area contributed by atoms with Crippen LogP contribution in [0, 0.1) is 11.8 Å². The van der Waals surface area contributed by atoms with E-state index in [1.165, 1.54) is 0 Å². The second kappa shape index (κ2) is 10.4. The quantitative estimate of drug-likeness (QED) is 0.411. The molecule has 2 aromatic carbocycles. The maximum Gasteiger partial charge on any atom is 0.246 e. The molecule has 1 aliphatic carbocycles. The van der Waals surface area contributed by atoms with E-state index in [9.17, 15) is 14.4 Å². The Morgan fingerprint density at radius 3 is 2.45 bits per heavy atom. The van der Waals surface area contributed by atoms with Crippen LogP contribution in [0.15, 0.2) is 54.6 Å². The predicted octanol–water partition coefficient (Wildman–Crippen LogP) is 5.78. The van der Waals surface area contributed by atoms with Crippen molar-refractivity contribution >= 4 is 58.2 Å². The molecule has 2 saturated heterocycles. The van der Waals surface area contributed by atoms with Crippen LogP contribution >= 0.6 is 34.8 Å². The molecule has 3 heterocycles. The third-order valence-corrected chi connectivity index (χ3v) is 9.87. The number of fused-ring (bicyclic) bond motifs is 1. The molecule has 6 rings (SSSR count). The monoisotopic (exact) mass is 601 g/mol. The largest absolute Gasteiger partial charge is 0.356 e. The summed E-state index contributed by atoms with van der Waals surface area (Å²) in [6.07, 6.45) is 8.69. The predicted molar refractivity (Wildman–Crippen MR) is 154 cm³/mol. The highest BCUT2D eigenvalue weighted by Crippen LogP contribution is 2.60. The van der Waals surface area contributed by atoms with Crippen LogP contribution in [0.2, 0.25) is 15.1 Å². The van der Waals surface area contributed by atoms with Crippen LogP contribution < -0.4 is 10.6 Å². The lowest BCUT2D eigenvalue weighted by molar-refractivity contribution is -0.145. The first-order valence-corrected chi connectivity index (χ1v) is 14.8. The minimum atomic E-state index is -1.29. The third kappa shape index (κ3) is 4.51. The molecule has 0 radical (unpaired) electrons. The number of carbonyl (C=O) groups excluding carboxylic acids is 3. The van der Waals surface area contributed by atoms with Gasteiger partial charge in [0.1, 0.15) is 11.6 Å². The van der Waals surface area contributed by atoms with Crippen molar-refractivity contribution in [3.05, 3.63) is 75.2 Å². The lowest BCUT2D eigenvalue weighted by Crippen LogP contribution is -2.56. The number of carbonyl (C=O) groups is 3. The van der Waals surface area contributed by atoms with Crippen LogP contribution in [0.1, 0.15) is 44.6 Å². The Kier molecular flexibility index (Phi) is 7.14. The maximum absolute atomic E-state index is 14.3. The van der Waals surface area contributed by atoms with Crippen LogP contribution in [0.25, 0.3) is 0 Å². The lowest BCUT2D eigenvalue weighted by atomic mass is 9.70. The van der Waals surface area contributed by atoms with Gasteiger partial charge in [0.2, 0.25) is 17.7 Å². The Hall–Kier alpha value is -2.58. The van der Waals surface area contributed by atoms with Gasteiger partial charge < -0.3 is 20.3 Å². The van der Waals surface area contributed by atoms with E-state index in [2.05, 4.69) is 10.6 Å². The maximum atomic E-state index is 14.3. The minimum Gasteiger partial charge on any atom is -0.356 e. The summed E-state index contributed by atoms with van der Waals surface area (Å²) in [5.74, 6) is -2.74. The van der Waals surface area contributed by atoms with Gasteiger partial charge in [-0.15, -0.1) is 0 Å². The number of hydrogen-bond donors (Lipinski definition) is 2. The molecule has 0 aromatic heterocycles. The molecular formula is C30H30Cl3N3O4. The summed E-state index contributed by atoms with van der Waals surface area (Å²) in [4.78, 5) is 43.7. The topological polar surface area (TPSA) is 87.7 Å². The molecule has 5 atom stereocenters. The summed E-state index contributed by atoms with van der Waals surface area (Å²) in [6.45, 7) is 1.91. The highest BCUT2D eigenvalue weighted by molar-refractivity contribution is 6.42. The number of nitrogens with one attached hydrogen (secondary N) is 2. The van der Waals surface area contributed by atoms with Crippen molar-refractivity contribution in [1.29, 1.82) is 0 Å². The summed E-state index contributed by atoms with van der Waals surface area (Å²) < 4.78 is 6.60. The van der Waals surface area contributed by atoms with E-state index in [4.69, 9.17) is 39.5 Å². The molecule has 2 bridgehead atoms.